The summed E-state index contributed by atoms with van der Waals surface area (Å²) in [5.41, 5.74) is 8.82. The standard InChI is InChI=1S/C16H19N3OS/c1-11-6-8-18-16(14(11)15(17)21)19-9-7-12-4-3-5-13(10-12)20-2/h3-6,8,10H,7,9H2,1-2H3,(H2,17,21)(H,18,19). The molecule has 0 radical (unpaired) electrons. The first-order valence-corrected chi connectivity index (χ1v) is 7.15. The molecule has 1 aromatic carbocycles. The van der Waals surface area contributed by atoms with E-state index in [-0.39, 0.29) is 0 Å². The van der Waals surface area contributed by atoms with E-state index in [1.165, 1.54) is 5.56 Å². The zero-order valence-electron chi connectivity index (χ0n) is 12.2. The molecule has 0 bridgehead atoms. The highest BCUT2D eigenvalue weighted by Crippen LogP contribution is 2.17. The van der Waals surface area contributed by atoms with Crippen LogP contribution in [0.15, 0.2) is 36.5 Å². The van der Waals surface area contributed by atoms with Gasteiger partial charge in [-0.3, -0.25) is 0 Å². The zero-order valence-corrected chi connectivity index (χ0v) is 13.0. The molecule has 0 spiro atoms. The Labute approximate surface area is 130 Å². The van der Waals surface area contributed by atoms with Crippen molar-refractivity contribution in [1.82, 2.24) is 4.98 Å². The second-order valence-corrected chi connectivity index (χ2v) is 5.18. The van der Waals surface area contributed by atoms with Gasteiger partial charge in [-0.15, -0.1) is 0 Å². The average molecular weight is 301 g/mol. The van der Waals surface area contributed by atoms with Crippen molar-refractivity contribution in [1.29, 1.82) is 0 Å². The second kappa shape index (κ2) is 7.04. The van der Waals surface area contributed by atoms with Gasteiger partial charge in [0.1, 0.15) is 16.6 Å². The number of aryl methyl sites for hydroxylation is 1. The molecule has 0 amide bonds. The Hall–Kier alpha value is -2.14. The summed E-state index contributed by atoms with van der Waals surface area (Å²) in [6, 6.07) is 9.92. The molecule has 0 aliphatic carbocycles. The minimum absolute atomic E-state index is 0.365. The lowest BCUT2D eigenvalue weighted by Crippen LogP contribution is -2.17. The van der Waals surface area contributed by atoms with E-state index in [9.17, 15) is 0 Å². The largest absolute Gasteiger partial charge is 0.497 e. The van der Waals surface area contributed by atoms with E-state index < -0.39 is 0 Å². The molecule has 0 atom stereocenters. The number of nitrogens with two attached hydrogens (primary N) is 1. The van der Waals surface area contributed by atoms with Crippen LogP contribution in [0.25, 0.3) is 0 Å². The maximum absolute atomic E-state index is 5.77. The number of hydrogen-bond acceptors (Lipinski definition) is 4. The van der Waals surface area contributed by atoms with Crippen molar-refractivity contribution in [3.63, 3.8) is 0 Å². The van der Waals surface area contributed by atoms with Crippen LogP contribution in [0.2, 0.25) is 0 Å². The number of hydrogen-bond donors (Lipinski definition) is 2. The van der Waals surface area contributed by atoms with Crippen molar-refractivity contribution in [2.24, 2.45) is 5.73 Å². The van der Waals surface area contributed by atoms with Crippen LogP contribution in [0.5, 0.6) is 5.75 Å². The number of nitrogens with zero attached hydrogens (tertiary/aromatic N) is 1. The average Bonchev–Trinajstić information content (AvgIpc) is 2.47. The third-order valence-electron chi connectivity index (χ3n) is 3.25. The Morgan fingerprint density at radius 3 is 2.90 bits per heavy atom. The van der Waals surface area contributed by atoms with Crippen LogP contribution in [0, 0.1) is 6.92 Å². The van der Waals surface area contributed by atoms with Gasteiger partial charge in [-0.05, 0) is 42.7 Å². The fraction of sp³-hybridized carbons (Fsp3) is 0.250. The van der Waals surface area contributed by atoms with Crippen molar-refractivity contribution in [3.8, 4) is 5.75 Å². The molecule has 21 heavy (non-hydrogen) atoms. The van der Waals surface area contributed by atoms with Gasteiger partial charge in [0.15, 0.2) is 0 Å². The van der Waals surface area contributed by atoms with Gasteiger partial charge in [-0.25, -0.2) is 4.98 Å². The molecule has 0 saturated heterocycles. The minimum Gasteiger partial charge on any atom is -0.497 e. The van der Waals surface area contributed by atoms with Crippen molar-refractivity contribution in [3.05, 3.63) is 53.2 Å². The highest BCUT2D eigenvalue weighted by molar-refractivity contribution is 7.80. The fourth-order valence-electron chi connectivity index (χ4n) is 2.16. The molecule has 4 nitrogen and oxygen atoms in total. The SMILES string of the molecule is COc1cccc(CCNc2nccc(C)c2C(N)=S)c1. The molecule has 110 valence electrons. The quantitative estimate of drug-likeness (QED) is 0.803. The van der Waals surface area contributed by atoms with E-state index in [0.29, 0.717) is 4.99 Å². The van der Waals surface area contributed by atoms with E-state index in [2.05, 4.69) is 16.4 Å². The van der Waals surface area contributed by atoms with Gasteiger partial charge in [0.25, 0.3) is 0 Å². The third-order valence-corrected chi connectivity index (χ3v) is 3.45. The van der Waals surface area contributed by atoms with Crippen LogP contribution in [0.4, 0.5) is 5.82 Å². The highest BCUT2D eigenvalue weighted by atomic mass is 32.1. The molecule has 2 aromatic rings. The molecular formula is C16H19N3OS. The molecular weight excluding hydrogens is 282 g/mol. The monoisotopic (exact) mass is 301 g/mol. The lowest BCUT2D eigenvalue weighted by atomic mass is 10.1. The maximum atomic E-state index is 5.77. The Balaban J connectivity index is 2.03. The molecule has 5 heteroatoms. The normalized spacial score (nSPS) is 10.2. The summed E-state index contributed by atoms with van der Waals surface area (Å²) in [6.07, 6.45) is 2.62. The summed E-state index contributed by atoms with van der Waals surface area (Å²) in [6.45, 7) is 2.72. The molecule has 0 fully saturated rings. The van der Waals surface area contributed by atoms with Crippen LogP contribution in [-0.4, -0.2) is 23.6 Å². The first-order chi connectivity index (χ1) is 10.1. The van der Waals surface area contributed by atoms with Gasteiger partial charge in [-0.2, -0.15) is 0 Å². The van der Waals surface area contributed by atoms with Crippen LogP contribution in [0.1, 0.15) is 16.7 Å². The first-order valence-electron chi connectivity index (χ1n) is 6.74. The number of pyridine rings is 1. The Bertz CT molecular complexity index is 643. The number of methoxy groups -OCH3 is 1. The summed E-state index contributed by atoms with van der Waals surface area (Å²) in [5.74, 6) is 1.61. The van der Waals surface area contributed by atoms with E-state index in [1.807, 2.05) is 31.2 Å². The molecule has 1 heterocycles. The van der Waals surface area contributed by atoms with E-state index >= 15 is 0 Å². The lowest BCUT2D eigenvalue weighted by molar-refractivity contribution is 0.414. The van der Waals surface area contributed by atoms with Gasteiger partial charge < -0.3 is 15.8 Å². The summed E-state index contributed by atoms with van der Waals surface area (Å²) < 4.78 is 5.22. The van der Waals surface area contributed by atoms with Crippen LogP contribution >= 0.6 is 12.2 Å². The predicted octanol–water partition coefficient (Wildman–Crippen LogP) is 2.69. The van der Waals surface area contributed by atoms with Crippen LogP contribution < -0.4 is 15.8 Å². The summed E-state index contributed by atoms with van der Waals surface area (Å²) in [4.78, 5) is 4.69. The number of rotatable bonds is 6. The maximum Gasteiger partial charge on any atom is 0.136 e. The van der Waals surface area contributed by atoms with Gasteiger partial charge in [0.05, 0.1) is 12.7 Å². The van der Waals surface area contributed by atoms with Gasteiger partial charge >= 0.3 is 0 Å². The minimum atomic E-state index is 0.365. The van der Waals surface area contributed by atoms with Crippen LogP contribution in [-0.2, 0) is 6.42 Å². The second-order valence-electron chi connectivity index (χ2n) is 4.74. The number of thiocarbonyl (C=S) groups is 1. The van der Waals surface area contributed by atoms with Crippen molar-refractivity contribution in [2.45, 2.75) is 13.3 Å². The first kappa shape index (κ1) is 15.3. The highest BCUT2D eigenvalue weighted by Gasteiger charge is 2.09. The fourth-order valence-corrected chi connectivity index (χ4v) is 2.41. The molecule has 0 aliphatic heterocycles. The van der Waals surface area contributed by atoms with Gasteiger partial charge in [0, 0.05) is 12.7 Å². The number of anilines is 1. The number of benzene rings is 1. The topological polar surface area (TPSA) is 60.2 Å². The molecule has 3 N–H and O–H groups in total. The number of nitrogens with one attached hydrogen (secondary N) is 1. The van der Waals surface area contributed by atoms with Crippen LogP contribution in [0.3, 0.4) is 0 Å². The smallest absolute Gasteiger partial charge is 0.136 e. The van der Waals surface area contributed by atoms with E-state index in [4.69, 9.17) is 22.7 Å². The van der Waals surface area contributed by atoms with Gasteiger partial charge in [0.2, 0.25) is 0 Å². The Morgan fingerprint density at radius 2 is 2.19 bits per heavy atom. The summed E-state index contributed by atoms with van der Waals surface area (Å²) in [5, 5.41) is 3.30. The zero-order chi connectivity index (χ0) is 15.2. The van der Waals surface area contributed by atoms with Crippen molar-refractivity contribution >= 4 is 23.0 Å². The van der Waals surface area contributed by atoms with Crippen molar-refractivity contribution in [2.75, 3.05) is 19.0 Å². The predicted molar refractivity (Wildman–Crippen MR) is 90.0 cm³/mol. The van der Waals surface area contributed by atoms with Gasteiger partial charge in [-0.1, -0.05) is 24.4 Å². The van der Waals surface area contributed by atoms with E-state index in [1.54, 1.807) is 13.3 Å². The molecule has 0 unspecified atom stereocenters. The summed E-state index contributed by atoms with van der Waals surface area (Å²) >= 11 is 5.10. The number of aromatic nitrogens is 1. The molecule has 0 saturated carbocycles. The lowest BCUT2D eigenvalue weighted by Gasteiger charge is -2.12. The molecule has 0 aliphatic rings. The Morgan fingerprint density at radius 1 is 1.38 bits per heavy atom. The Kier molecular flexibility index (Phi) is 5.11. The number of ether oxygens (including phenoxy) is 1. The molecule has 2 rings (SSSR count). The third kappa shape index (κ3) is 3.92. The molecule has 1 aromatic heterocycles. The van der Waals surface area contributed by atoms with Crippen molar-refractivity contribution < 1.29 is 4.74 Å². The summed E-state index contributed by atoms with van der Waals surface area (Å²) in [7, 11) is 1.67. The van der Waals surface area contributed by atoms with E-state index in [0.717, 1.165) is 35.7 Å².